The Morgan fingerprint density at radius 1 is 1.24 bits per heavy atom. The summed E-state index contributed by atoms with van der Waals surface area (Å²) in [6.07, 6.45) is 4.23. The van der Waals surface area contributed by atoms with Crippen molar-refractivity contribution in [1.82, 2.24) is 15.1 Å². The SMILES string of the molecule is COCCOc1cccc(/C=C/c2nc(-c3cc4c([nH]c3=O)CCOC4)no2)c1. The Bertz CT molecular complexity index is 1070. The zero-order valence-corrected chi connectivity index (χ0v) is 16.0. The number of nitrogens with zero attached hydrogens (tertiary/aromatic N) is 2. The minimum absolute atomic E-state index is 0.233. The molecule has 0 aliphatic carbocycles. The first kappa shape index (κ1) is 19.1. The number of hydrogen-bond acceptors (Lipinski definition) is 7. The van der Waals surface area contributed by atoms with Gasteiger partial charge in [-0.3, -0.25) is 4.79 Å². The Morgan fingerprint density at radius 3 is 3.07 bits per heavy atom. The fraction of sp³-hybridized carbons (Fsp3) is 0.286. The monoisotopic (exact) mass is 395 g/mol. The number of methoxy groups -OCH3 is 1. The molecule has 29 heavy (non-hydrogen) atoms. The highest BCUT2D eigenvalue weighted by molar-refractivity contribution is 5.67. The molecule has 0 saturated carbocycles. The second kappa shape index (κ2) is 8.85. The molecule has 4 rings (SSSR count). The topological polar surface area (TPSA) is 99.5 Å². The highest BCUT2D eigenvalue weighted by Gasteiger charge is 2.17. The molecular weight excluding hydrogens is 374 g/mol. The normalized spacial score (nSPS) is 13.6. The molecule has 0 amide bonds. The van der Waals surface area contributed by atoms with Crippen LogP contribution in [0.2, 0.25) is 0 Å². The number of fused-ring (bicyclic) bond motifs is 1. The van der Waals surface area contributed by atoms with Crippen molar-refractivity contribution >= 4 is 12.2 Å². The molecular formula is C21H21N3O5. The van der Waals surface area contributed by atoms with Gasteiger partial charge in [-0.15, -0.1) is 0 Å². The summed E-state index contributed by atoms with van der Waals surface area (Å²) < 4.78 is 21.3. The summed E-state index contributed by atoms with van der Waals surface area (Å²) >= 11 is 0. The van der Waals surface area contributed by atoms with E-state index in [4.69, 9.17) is 18.7 Å². The van der Waals surface area contributed by atoms with E-state index in [-0.39, 0.29) is 11.4 Å². The van der Waals surface area contributed by atoms with E-state index in [1.165, 1.54) is 0 Å². The van der Waals surface area contributed by atoms with Crippen molar-refractivity contribution in [2.75, 3.05) is 26.9 Å². The molecule has 3 aromatic rings. The third kappa shape index (κ3) is 4.61. The fourth-order valence-electron chi connectivity index (χ4n) is 3.02. The smallest absolute Gasteiger partial charge is 0.259 e. The molecule has 0 atom stereocenters. The lowest BCUT2D eigenvalue weighted by Crippen LogP contribution is -2.19. The average molecular weight is 395 g/mol. The van der Waals surface area contributed by atoms with Crippen LogP contribution >= 0.6 is 0 Å². The number of H-pyrrole nitrogens is 1. The Hall–Kier alpha value is -3.23. The predicted molar refractivity (Wildman–Crippen MR) is 106 cm³/mol. The van der Waals surface area contributed by atoms with E-state index in [0.717, 1.165) is 22.6 Å². The van der Waals surface area contributed by atoms with Gasteiger partial charge in [-0.25, -0.2) is 0 Å². The van der Waals surface area contributed by atoms with E-state index in [2.05, 4.69) is 15.1 Å². The van der Waals surface area contributed by atoms with Crippen LogP contribution in [0.1, 0.15) is 22.7 Å². The quantitative estimate of drug-likeness (QED) is 0.614. The highest BCUT2D eigenvalue weighted by atomic mass is 16.5. The van der Waals surface area contributed by atoms with Crippen molar-refractivity contribution in [1.29, 1.82) is 0 Å². The Kier molecular flexibility index (Phi) is 5.83. The molecule has 0 spiro atoms. The molecule has 1 aromatic carbocycles. The first-order chi connectivity index (χ1) is 14.2. The maximum atomic E-state index is 12.4. The van der Waals surface area contributed by atoms with E-state index in [1.807, 2.05) is 30.3 Å². The first-order valence-electron chi connectivity index (χ1n) is 9.30. The largest absolute Gasteiger partial charge is 0.491 e. The molecule has 0 bridgehead atoms. The predicted octanol–water partition coefficient (Wildman–Crippen LogP) is 2.69. The van der Waals surface area contributed by atoms with Crippen LogP contribution in [0.4, 0.5) is 0 Å². The number of ether oxygens (including phenoxy) is 3. The van der Waals surface area contributed by atoms with Gasteiger partial charge < -0.3 is 23.7 Å². The second-order valence-corrected chi connectivity index (χ2v) is 6.52. The summed E-state index contributed by atoms with van der Waals surface area (Å²) in [6.45, 7) is 2.08. The number of rotatable bonds is 7. The van der Waals surface area contributed by atoms with Gasteiger partial charge in [0.1, 0.15) is 12.4 Å². The summed E-state index contributed by atoms with van der Waals surface area (Å²) in [6, 6.07) is 9.38. The lowest BCUT2D eigenvalue weighted by molar-refractivity contribution is 0.109. The molecule has 2 aromatic heterocycles. The molecule has 8 heteroatoms. The number of pyridine rings is 1. The van der Waals surface area contributed by atoms with Crippen LogP contribution in [0.25, 0.3) is 23.5 Å². The van der Waals surface area contributed by atoms with Crippen molar-refractivity contribution in [3.8, 4) is 17.1 Å². The molecule has 3 heterocycles. The second-order valence-electron chi connectivity index (χ2n) is 6.52. The summed E-state index contributed by atoms with van der Waals surface area (Å²) in [5.41, 5.74) is 2.90. The van der Waals surface area contributed by atoms with Gasteiger partial charge in [-0.1, -0.05) is 17.3 Å². The van der Waals surface area contributed by atoms with Gasteiger partial charge in [-0.05, 0) is 35.4 Å². The number of aromatic nitrogens is 3. The van der Waals surface area contributed by atoms with E-state index in [9.17, 15) is 4.79 Å². The van der Waals surface area contributed by atoms with Crippen molar-refractivity contribution in [2.24, 2.45) is 0 Å². The molecule has 8 nitrogen and oxygen atoms in total. The van der Waals surface area contributed by atoms with Crippen molar-refractivity contribution in [3.63, 3.8) is 0 Å². The number of nitrogens with one attached hydrogen (secondary N) is 1. The van der Waals surface area contributed by atoms with Gasteiger partial charge in [0.25, 0.3) is 11.4 Å². The molecule has 1 aliphatic rings. The van der Waals surface area contributed by atoms with E-state index >= 15 is 0 Å². The Balaban J connectivity index is 1.50. The van der Waals surface area contributed by atoms with E-state index in [0.29, 0.717) is 44.3 Å². The average Bonchev–Trinajstić information content (AvgIpc) is 3.21. The highest BCUT2D eigenvalue weighted by Crippen LogP contribution is 2.20. The molecule has 0 unspecified atom stereocenters. The van der Waals surface area contributed by atoms with Gasteiger partial charge in [0, 0.05) is 25.3 Å². The summed E-state index contributed by atoms with van der Waals surface area (Å²) in [4.78, 5) is 19.6. The van der Waals surface area contributed by atoms with Crippen molar-refractivity contribution in [3.05, 3.63) is 63.4 Å². The summed E-state index contributed by atoms with van der Waals surface area (Å²) in [7, 11) is 1.63. The van der Waals surface area contributed by atoms with Crippen LogP contribution in [-0.2, 0) is 22.5 Å². The van der Waals surface area contributed by atoms with Crippen LogP contribution in [0.5, 0.6) is 5.75 Å². The fourth-order valence-corrected chi connectivity index (χ4v) is 3.02. The molecule has 1 N–H and O–H groups in total. The third-order valence-electron chi connectivity index (χ3n) is 4.48. The number of hydrogen-bond donors (Lipinski definition) is 1. The van der Waals surface area contributed by atoms with Crippen LogP contribution < -0.4 is 10.3 Å². The van der Waals surface area contributed by atoms with Crippen molar-refractivity contribution < 1.29 is 18.7 Å². The summed E-state index contributed by atoms with van der Waals surface area (Å²) in [5.74, 6) is 1.30. The van der Waals surface area contributed by atoms with Gasteiger partial charge in [0.15, 0.2) is 0 Å². The van der Waals surface area contributed by atoms with Gasteiger partial charge in [0.2, 0.25) is 5.82 Å². The zero-order valence-electron chi connectivity index (χ0n) is 16.0. The third-order valence-corrected chi connectivity index (χ3v) is 4.48. The van der Waals surface area contributed by atoms with Crippen LogP contribution in [-0.4, -0.2) is 42.1 Å². The molecule has 0 radical (unpaired) electrons. The lowest BCUT2D eigenvalue weighted by atomic mass is 10.1. The minimum Gasteiger partial charge on any atom is -0.491 e. The minimum atomic E-state index is -0.233. The molecule has 1 aliphatic heterocycles. The van der Waals surface area contributed by atoms with Gasteiger partial charge >= 0.3 is 0 Å². The Labute approximate surface area is 167 Å². The van der Waals surface area contributed by atoms with Crippen LogP contribution in [0.15, 0.2) is 39.6 Å². The molecule has 0 fully saturated rings. The summed E-state index contributed by atoms with van der Waals surface area (Å²) in [5, 5.41) is 3.94. The number of aromatic amines is 1. The zero-order chi connectivity index (χ0) is 20.1. The maximum Gasteiger partial charge on any atom is 0.259 e. The Morgan fingerprint density at radius 2 is 2.17 bits per heavy atom. The lowest BCUT2D eigenvalue weighted by Gasteiger charge is -2.15. The standard InChI is InChI=1S/C21H21N3O5/c1-26-9-10-28-16-4-2-3-14(11-16)5-6-19-23-20(24-29-19)17-12-15-13-27-8-7-18(15)22-21(17)25/h2-6,11-12H,7-10,13H2,1H3,(H,22,25)/b6-5+. The van der Waals surface area contributed by atoms with Crippen molar-refractivity contribution in [2.45, 2.75) is 13.0 Å². The van der Waals surface area contributed by atoms with E-state index in [1.54, 1.807) is 19.3 Å². The molecule has 0 saturated heterocycles. The molecule has 150 valence electrons. The van der Waals surface area contributed by atoms with Crippen LogP contribution in [0, 0.1) is 0 Å². The first-order valence-corrected chi connectivity index (χ1v) is 9.30. The maximum absolute atomic E-state index is 12.4. The van der Waals surface area contributed by atoms with Crippen LogP contribution in [0.3, 0.4) is 0 Å². The van der Waals surface area contributed by atoms with Gasteiger partial charge in [-0.2, -0.15) is 4.98 Å². The number of benzene rings is 1. The van der Waals surface area contributed by atoms with Gasteiger partial charge in [0.05, 0.1) is 25.4 Å². The van der Waals surface area contributed by atoms with E-state index < -0.39 is 0 Å².